The molecule has 0 aliphatic rings. The average molecular weight is 209 g/mol. The molecule has 0 atom stereocenters. The predicted octanol–water partition coefficient (Wildman–Crippen LogP) is 1.34. The summed E-state index contributed by atoms with van der Waals surface area (Å²) in [7, 11) is 1.90. The first-order valence-corrected chi connectivity index (χ1v) is 5.15. The second-order valence-electron chi connectivity index (χ2n) is 3.08. The van der Waals surface area contributed by atoms with E-state index in [0.717, 1.165) is 22.1 Å². The summed E-state index contributed by atoms with van der Waals surface area (Å²) in [6.45, 7) is 1.99. The Morgan fingerprint density at radius 2 is 2.29 bits per heavy atom. The zero-order valence-corrected chi connectivity index (χ0v) is 8.88. The van der Waals surface area contributed by atoms with Gasteiger partial charge in [0, 0.05) is 18.1 Å². The Balaban J connectivity index is 2.39. The minimum absolute atomic E-state index is 0.00349. The summed E-state index contributed by atoms with van der Waals surface area (Å²) in [4.78, 5) is 4.25. The standard InChI is InChI=1S/C9H11N3OS/c1-6-3-7(11-12(6)2)8-5-14-9(4-13)10-8/h3,5,13H,4H2,1-2H3. The maximum atomic E-state index is 8.88. The van der Waals surface area contributed by atoms with Crippen molar-refractivity contribution in [2.45, 2.75) is 13.5 Å². The highest BCUT2D eigenvalue weighted by Crippen LogP contribution is 2.20. The minimum atomic E-state index is -0.00349. The second kappa shape index (κ2) is 3.51. The lowest BCUT2D eigenvalue weighted by molar-refractivity contribution is 0.281. The third-order valence-corrected chi connectivity index (χ3v) is 2.90. The van der Waals surface area contributed by atoms with Crippen LogP contribution < -0.4 is 0 Å². The van der Waals surface area contributed by atoms with Crippen molar-refractivity contribution in [1.82, 2.24) is 14.8 Å². The maximum absolute atomic E-state index is 8.88. The molecular weight excluding hydrogens is 198 g/mol. The molecule has 0 saturated carbocycles. The summed E-state index contributed by atoms with van der Waals surface area (Å²) in [5, 5.41) is 15.8. The fourth-order valence-corrected chi connectivity index (χ4v) is 1.83. The molecule has 0 amide bonds. The number of aromatic nitrogens is 3. The average Bonchev–Trinajstić information content (AvgIpc) is 2.74. The van der Waals surface area contributed by atoms with Gasteiger partial charge in [0.1, 0.15) is 16.4 Å². The summed E-state index contributed by atoms with van der Waals surface area (Å²) in [5.74, 6) is 0. The molecule has 5 heteroatoms. The van der Waals surface area contributed by atoms with Crippen molar-refractivity contribution in [2.24, 2.45) is 7.05 Å². The Morgan fingerprint density at radius 1 is 1.50 bits per heavy atom. The normalized spacial score (nSPS) is 10.8. The van der Waals surface area contributed by atoms with Crippen LogP contribution in [0.15, 0.2) is 11.4 Å². The number of thiazole rings is 1. The molecule has 0 saturated heterocycles. The summed E-state index contributed by atoms with van der Waals surface area (Å²) < 4.78 is 1.81. The van der Waals surface area contributed by atoms with Crippen LogP contribution in [0.25, 0.3) is 11.4 Å². The summed E-state index contributed by atoms with van der Waals surface area (Å²) >= 11 is 1.45. The molecule has 0 unspecified atom stereocenters. The van der Waals surface area contributed by atoms with E-state index in [9.17, 15) is 0 Å². The van der Waals surface area contributed by atoms with E-state index in [1.807, 2.05) is 30.1 Å². The van der Waals surface area contributed by atoms with Gasteiger partial charge >= 0.3 is 0 Å². The fraction of sp³-hybridized carbons (Fsp3) is 0.333. The number of aliphatic hydroxyl groups is 1. The molecule has 14 heavy (non-hydrogen) atoms. The SMILES string of the molecule is Cc1cc(-c2csc(CO)n2)nn1C. The van der Waals surface area contributed by atoms with Gasteiger partial charge in [0.15, 0.2) is 0 Å². The lowest BCUT2D eigenvalue weighted by Gasteiger charge is -1.89. The summed E-state index contributed by atoms with van der Waals surface area (Å²) in [6.07, 6.45) is 0. The maximum Gasteiger partial charge on any atom is 0.119 e. The van der Waals surface area contributed by atoms with Crippen molar-refractivity contribution in [1.29, 1.82) is 0 Å². The monoisotopic (exact) mass is 209 g/mol. The lowest BCUT2D eigenvalue weighted by atomic mass is 10.3. The molecular formula is C9H11N3OS. The van der Waals surface area contributed by atoms with Crippen molar-refractivity contribution in [3.05, 3.63) is 22.1 Å². The largest absolute Gasteiger partial charge is 0.389 e. The van der Waals surface area contributed by atoms with E-state index >= 15 is 0 Å². The topological polar surface area (TPSA) is 50.9 Å². The zero-order chi connectivity index (χ0) is 10.1. The van der Waals surface area contributed by atoms with E-state index in [0.29, 0.717) is 0 Å². The van der Waals surface area contributed by atoms with Gasteiger partial charge < -0.3 is 5.11 Å². The highest BCUT2D eigenvalue weighted by atomic mass is 32.1. The number of hydrogen-bond acceptors (Lipinski definition) is 4. The van der Waals surface area contributed by atoms with Crippen LogP contribution in [0, 0.1) is 6.92 Å². The Hall–Kier alpha value is -1.20. The first-order chi connectivity index (χ1) is 6.70. The summed E-state index contributed by atoms with van der Waals surface area (Å²) in [5.41, 5.74) is 2.79. The quantitative estimate of drug-likeness (QED) is 0.812. The molecule has 4 nitrogen and oxygen atoms in total. The Morgan fingerprint density at radius 3 is 2.79 bits per heavy atom. The van der Waals surface area contributed by atoms with Crippen LogP contribution in [-0.4, -0.2) is 19.9 Å². The molecule has 74 valence electrons. The molecule has 0 fully saturated rings. The van der Waals surface area contributed by atoms with Gasteiger partial charge in [0.25, 0.3) is 0 Å². The molecule has 0 radical (unpaired) electrons. The Bertz CT molecular complexity index is 427. The highest BCUT2D eigenvalue weighted by Gasteiger charge is 2.07. The number of rotatable bonds is 2. The first kappa shape index (κ1) is 9.36. The van der Waals surface area contributed by atoms with Gasteiger partial charge in [0.2, 0.25) is 0 Å². The van der Waals surface area contributed by atoms with Crippen molar-refractivity contribution < 1.29 is 5.11 Å². The molecule has 0 aliphatic carbocycles. The van der Waals surface area contributed by atoms with Gasteiger partial charge in [-0.1, -0.05) is 0 Å². The van der Waals surface area contributed by atoms with Gasteiger partial charge in [-0.3, -0.25) is 4.68 Å². The van der Waals surface area contributed by atoms with Crippen molar-refractivity contribution in [3.8, 4) is 11.4 Å². The van der Waals surface area contributed by atoms with E-state index in [1.54, 1.807) is 0 Å². The van der Waals surface area contributed by atoms with Crippen LogP contribution in [0.2, 0.25) is 0 Å². The zero-order valence-electron chi connectivity index (χ0n) is 8.06. The van der Waals surface area contributed by atoms with Gasteiger partial charge in [-0.25, -0.2) is 4.98 Å². The number of aliphatic hydroxyl groups excluding tert-OH is 1. The second-order valence-corrected chi connectivity index (χ2v) is 4.02. The molecule has 1 N–H and O–H groups in total. The van der Waals surface area contributed by atoms with Crippen molar-refractivity contribution >= 4 is 11.3 Å². The minimum Gasteiger partial charge on any atom is -0.389 e. The molecule has 0 aliphatic heterocycles. The summed E-state index contributed by atoms with van der Waals surface area (Å²) in [6, 6.07) is 1.98. The first-order valence-electron chi connectivity index (χ1n) is 4.27. The third-order valence-electron chi connectivity index (χ3n) is 2.06. The fourth-order valence-electron chi connectivity index (χ4n) is 1.19. The van der Waals surface area contributed by atoms with E-state index in [1.165, 1.54) is 11.3 Å². The highest BCUT2D eigenvalue weighted by molar-refractivity contribution is 7.09. The molecule has 0 aromatic carbocycles. The third kappa shape index (κ3) is 1.56. The van der Waals surface area contributed by atoms with Crippen LogP contribution in [0.5, 0.6) is 0 Å². The van der Waals surface area contributed by atoms with Crippen LogP contribution >= 0.6 is 11.3 Å². The Labute approximate surface area is 85.8 Å². The van der Waals surface area contributed by atoms with E-state index < -0.39 is 0 Å². The number of nitrogens with zero attached hydrogens (tertiary/aromatic N) is 3. The van der Waals surface area contributed by atoms with Crippen molar-refractivity contribution in [3.63, 3.8) is 0 Å². The van der Waals surface area contributed by atoms with E-state index in [4.69, 9.17) is 5.11 Å². The van der Waals surface area contributed by atoms with Gasteiger partial charge in [-0.2, -0.15) is 5.10 Å². The van der Waals surface area contributed by atoms with Crippen LogP contribution in [0.4, 0.5) is 0 Å². The molecule has 2 rings (SSSR count). The van der Waals surface area contributed by atoms with E-state index in [-0.39, 0.29) is 6.61 Å². The number of aryl methyl sites for hydroxylation is 2. The molecule has 2 aromatic rings. The van der Waals surface area contributed by atoms with Crippen LogP contribution in [0.1, 0.15) is 10.7 Å². The van der Waals surface area contributed by atoms with Crippen LogP contribution in [0.3, 0.4) is 0 Å². The van der Waals surface area contributed by atoms with Crippen LogP contribution in [-0.2, 0) is 13.7 Å². The molecule has 2 aromatic heterocycles. The smallest absolute Gasteiger partial charge is 0.119 e. The van der Waals surface area contributed by atoms with Gasteiger partial charge in [-0.05, 0) is 13.0 Å². The van der Waals surface area contributed by atoms with Gasteiger partial charge in [0.05, 0.1) is 6.61 Å². The molecule has 0 bridgehead atoms. The van der Waals surface area contributed by atoms with E-state index in [2.05, 4.69) is 10.1 Å². The molecule has 2 heterocycles. The predicted molar refractivity (Wildman–Crippen MR) is 55.0 cm³/mol. The van der Waals surface area contributed by atoms with Crippen molar-refractivity contribution in [2.75, 3.05) is 0 Å². The Kier molecular flexibility index (Phi) is 2.35. The van der Waals surface area contributed by atoms with Gasteiger partial charge in [-0.15, -0.1) is 11.3 Å². The lowest BCUT2D eigenvalue weighted by Crippen LogP contribution is -1.92. The number of hydrogen-bond donors (Lipinski definition) is 1. The molecule has 0 spiro atoms.